The fourth-order valence-electron chi connectivity index (χ4n) is 2.61. The van der Waals surface area contributed by atoms with Crippen molar-refractivity contribution >= 4 is 17.5 Å². The molecule has 3 rings (SSSR count). The molecule has 0 bridgehead atoms. The third-order valence-corrected chi connectivity index (χ3v) is 3.79. The van der Waals surface area contributed by atoms with Crippen LogP contribution in [0, 0.1) is 6.92 Å². The first-order valence-electron chi connectivity index (χ1n) is 7.60. The van der Waals surface area contributed by atoms with Crippen molar-refractivity contribution in [2.75, 3.05) is 5.32 Å². The van der Waals surface area contributed by atoms with E-state index in [1.165, 1.54) is 0 Å². The summed E-state index contributed by atoms with van der Waals surface area (Å²) in [5.74, 6) is 1.42. The lowest BCUT2D eigenvalue weighted by Gasteiger charge is -2.18. The summed E-state index contributed by atoms with van der Waals surface area (Å²) in [4.78, 5) is 23.9. The molecular formula is C17H18N2O4. The standard InChI is InChI=1S/C17H18N2O4/c1-10-8-16(19-23-10)18-17(21)11(2)22-13-6-7-14-12(9-13)4-3-5-15(14)20/h6-9,11H,3-5H2,1-2H3,(H,18,19,21)/t11-/m1/s1. The second-order valence-corrected chi connectivity index (χ2v) is 5.67. The number of anilines is 1. The van der Waals surface area contributed by atoms with Crippen LogP contribution in [0.3, 0.4) is 0 Å². The minimum Gasteiger partial charge on any atom is -0.481 e. The van der Waals surface area contributed by atoms with Crippen LogP contribution < -0.4 is 10.1 Å². The molecule has 1 aliphatic carbocycles. The molecule has 0 saturated heterocycles. The zero-order valence-electron chi connectivity index (χ0n) is 13.1. The molecular weight excluding hydrogens is 296 g/mol. The first-order valence-corrected chi connectivity index (χ1v) is 7.60. The Morgan fingerprint density at radius 3 is 2.91 bits per heavy atom. The molecule has 0 unspecified atom stereocenters. The van der Waals surface area contributed by atoms with Gasteiger partial charge in [0, 0.05) is 18.1 Å². The number of ketones is 1. The molecule has 23 heavy (non-hydrogen) atoms. The predicted octanol–water partition coefficient (Wildman–Crippen LogP) is 2.91. The average molecular weight is 314 g/mol. The summed E-state index contributed by atoms with van der Waals surface area (Å²) < 4.78 is 10.6. The normalized spacial score (nSPS) is 15.0. The molecule has 0 aliphatic heterocycles. The van der Waals surface area contributed by atoms with Gasteiger partial charge in [-0.3, -0.25) is 9.59 Å². The Balaban J connectivity index is 1.66. The Morgan fingerprint density at radius 1 is 1.35 bits per heavy atom. The van der Waals surface area contributed by atoms with E-state index >= 15 is 0 Å². The Morgan fingerprint density at radius 2 is 2.17 bits per heavy atom. The van der Waals surface area contributed by atoms with Crippen LogP contribution in [0.5, 0.6) is 5.75 Å². The van der Waals surface area contributed by atoms with E-state index in [2.05, 4.69) is 10.5 Å². The third-order valence-electron chi connectivity index (χ3n) is 3.79. The van der Waals surface area contributed by atoms with Crippen LogP contribution in [0.2, 0.25) is 0 Å². The van der Waals surface area contributed by atoms with Gasteiger partial charge in [0.2, 0.25) is 0 Å². The number of rotatable bonds is 4. The highest BCUT2D eigenvalue weighted by Crippen LogP contribution is 2.26. The minimum absolute atomic E-state index is 0.171. The number of amides is 1. The second kappa shape index (κ2) is 6.24. The highest BCUT2D eigenvalue weighted by atomic mass is 16.5. The van der Waals surface area contributed by atoms with Crippen molar-refractivity contribution < 1.29 is 18.8 Å². The van der Waals surface area contributed by atoms with Gasteiger partial charge < -0.3 is 14.6 Å². The number of ether oxygens (including phenoxy) is 1. The summed E-state index contributed by atoms with van der Waals surface area (Å²) >= 11 is 0. The van der Waals surface area contributed by atoms with E-state index in [-0.39, 0.29) is 11.7 Å². The molecule has 1 aliphatic rings. The van der Waals surface area contributed by atoms with Crippen molar-refractivity contribution in [1.82, 2.24) is 5.16 Å². The van der Waals surface area contributed by atoms with Crippen LogP contribution in [-0.4, -0.2) is 23.0 Å². The van der Waals surface area contributed by atoms with E-state index in [0.29, 0.717) is 23.7 Å². The molecule has 6 nitrogen and oxygen atoms in total. The van der Waals surface area contributed by atoms with E-state index < -0.39 is 6.10 Å². The number of fused-ring (bicyclic) bond motifs is 1. The monoisotopic (exact) mass is 314 g/mol. The molecule has 1 aromatic carbocycles. The zero-order valence-corrected chi connectivity index (χ0v) is 13.1. The summed E-state index contributed by atoms with van der Waals surface area (Å²) in [6.07, 6.45) is 1.63. The zero-order chi connectivity index (χ0) is 16.4. The first kappa shape index (κ1) is 15.3. The number of aryl methyl sites for hydroxylation is 2. The molecule has 1 N–H and O–H groups in total. The molecule has 120 valence electrons. The molecule has 0 radical (unpaired) electrons. The molecule has 1 aromatic heterocycles. The lowest BCUT2D eigenvalue weighted by molar-refractivity contribution is -0.122. The van der Waals surface area contributed by atoms with Crippen molar-refractivity contribution in [2.45, 2.75) is 39.2 Å². The van der Waals surface area contributed by atoms with Crippen molar-refractivity contribution in [3.63, 3.8) is 0 Å². The van der Waals surface area contributed by atoms with Crippen LogP contribution >= 0.6 is 0 Å². The number of aromatic nitrogens is 1. The van der Waals surface area contributed by atoms with E-state index in [1.807, 2.05) is 6.07 Å². The number of nitrogens with zero attached hydrogens (tertiary/aromatic N) is 1. The fraction of sp³-hybridized carbons (Fsp3) is 0.353. The first-order chi connectivity index (χ1) is 11.0. The second-order valence-electron chi connectivity index (χ2n) is 5.67. The van der Waals surface area contributed by atoms with Gasteiger partial charge in [-0.25, -0.2) is 0 Å². The number of hydrogen-bond acceptors (Lipinski definition) is 5. The molecule has 6 heteroatoms. The maximum absolute atomic E-state index is 12.1. The molecule has 0 fully saturated rings. The number of Topliss-reactive ketones (excluding diaryl/α,β-unsaturated/α-hetero) is 1. The van der Waals surface area contributed by atoms with Gasteiger partial charge in [-0.05, 0) is 50.5 Å². The summed E-state index contributed by atoms with van der Waals surface area (Å²) in [5.41, 5.74) is 1.75. The number of carbonyl (C=O) groups is 2. The van der Waals surface area contributed by atoms with Gasteiger partial charge in [-0.1, -0.05) is 5.16 Å². The van der Waals surface area contributed by atoms with Gasteiger partial charge in [0.25, 0.3) is 5.91 Å². The van der Waals surface area contributed by atoms with Gasteiger partial charge in [0.15, 0.2) is 17.7 Å². The maximum atomic E-state index is 12.1. The Labute approximate surface area is 133 Å². The van der Waals surface area contributed by atoms with Crippen molar-refractivity contribution in [3.05, 3.63) is 41.2 Å². The lowest BCUT2D eigenvalue weighted by Crippen LogP contribution is -2.30. The minimum atomic E-state index is -0.690. The number of carbonyl (C=O) groups excluding carboxylic acids is 2. The van der Waals surface area contributed by atoms with Crippen LogP contribution in [0.4, 0.5) is 5.82 Å². The predicted molar refractivity (Wildman–Crippen MR) is 83.7 cm³/mol. The summed E-state index contributed by atoms with van der Waals surface area (Å²) in [5, 5.41) is 6.34. The largest absolute Gasteiger partial charge is 0.481 e. The highest BCUT2D eigenvalue weighted by Gasteiger charge is 2.20. The van der Waals surface area contributed by atoms with Crippen LogP contribution in [0.25, 0.3) is 0 Å². The summed E-state index contributed by atoms with van der Waals surface area (Å²) in [6, 6.07) is 6.98. The number of benzene rings is 1. The quantitative estimate of drug-likeness (QED) is 0.938. The lowest BCUT2D eigenvalue weighted by atomic mass is 9.90. The van der Waals surface area contributed by atoms with Crippen LogP contribution in [0.1, 0.15) is 41.4 Å². The van der Waals surface area contributed by atoms with Gasteiger partial charge in [-0.2, -0.15) is 0 Å². The van der Waals surface area contributed by atoms with Crippen molar-refractivity contribution in [3.8, 4) is 5.75 Å². The number of nitrogens with one attached hydrogen (secondary N) is 1. The van der Waals surface area contributed by atoms with Gasteiger partial charge in [0.05, 0.1) is 0 Å². The fourth-order valence-corrected chi connectivity index (χ4v) is 2.61. The Hall–Kier alpha value is -2.63. The Bertz CT molecular complexity index is 751. The van der Waals surface area contributed by atoms with Crippen molar-refractivity contribution in [1.29, 1.82) is 0 Å². The molecule has 2 aromatic rings. The number of hydrogen-bond donors (Lipinski definition) is 1. The Kier molecular flexibility index (Phi) is 4.14. The van der Waals surface area contributed by atoms with Crippen LogP contribution in [0.15, 0.2) is 28.8 Å². The van der Waals surface area contributed by atoms with E-state index in [0.717, 1.165) is 24.0 Å². The smallest absolute Gasteiger partial charge is 0.266 e. The van der Waals surface area contributed by atoms with Crippen molar-refractivity contribution in [2.24, 2.45) is 0 Å². The van der Waals surface area contributed by atoms with E-state index in [4.69, 9.17) is 9.26 Å². The van der Waals surface area contributed by atoms with Crippen LogP contribution in [-0.2, 0) is 11.2 Å². The SMILES string of the molecule is Cc1cc(NC(=O)[C@@H](C)Oc2ccc3c(c2)CCCC3=O)no1. The molecule has 1 amide bonds. The highest BCUT2D eigenvalue weighted by molar-refractivity contribution is 5.98. The summed E-state index contributed by atoms with van der Waals surface area (Å²) in [6.45, 7) is 3.41. The molecule has 0 saturated carbocycles. The molecule has 1 atom stereocenters. The van der Waals surface area contributed by atoms with E-state index in [9.17, 15) is 9.59 Å². The maximum Gasteiger partial charge on any atom is 0.266 e. The van der Waals surface area contributed by atoms with E-state index in [1.54, 1.807) is 32.0 Å². The van der Waals surface area contributed by atoms with Gasteiger partial charge >= 0.3 is 0 Å². The third kappa shape index (κ3) is 3.41. The average Bonchev–Trinajstić information content (AvgIpc) is 2.92. The topological polar surface area (TPSA) is 81.4 Å². The summed E-state index contributed by atoms with van der Waals surface area (Å²) in [7, 11) is 0. The molecule has 1 heterocycles. The molecule has 0 spiro atoms. The van der Waals surface area contributed by atoms with Gasteiger partial charge in [0.1, 0.15) is 11.5 Å². The van der Waals surface area contributed by atoms with Gasteiger partial charge in [-0.15, -0.1) is 0 Å².